The van der Waals surface area contributed by atoms with E-state index in [2.05, 4.69) is 271 Å². The lowest BCUT2D eigenvalue weighted by Gasteiger charge is -2.37. The van der Waals surface area contributed by atoms with Gasteiger partial charge in [0.25, 0.3) is 0 Å². The second-order valence-electron chi connectivity index (χ2n) is 24.2. The third-order valence-corrected chi connectivity index (χ3v) is 17.6. The molecule has 2 heteroatoms. The zero-order valence-corrected chi connectivity index (χ0v) is 44.0. The summed E-state index contributed by atoms with van der Waals surface area (Å²) in [5.74, 6) is 1.17. The van der Waals surface area contributed by atoms with Gasteiger partial charge in [0.05, 0.1) is 17.4 Å². The molecule has 2 nitrogen and oxygen atoms in total. The Morgan fingerprint density at radius 3 is 1.81 bits per heavy atom. The number of aryl methyl sites for hydroxylation is 2. The van der Waals surface area contributed by atoms with Crippen molar-refractivity contribution in [1.82, 2.24) is 0 Å². The van der Waals surface area contributed by atoms with Crippen LogP contribution in [0.25, 0.3) is 55.1 Å². The number of anilines is 4. The van der Waals surface area contributed by atoms with Crippen molar-refractivity contribution in [3.63, 3.8) is 0 Å². The summed E-state index contributed by atoms with van der Waals surface area (Å²) < 4.78 is 0. The second kappa shape index (κ2) is 16.2. The molecule has 14 rings (SSSR count). The number of benzene rings is 9. The molecule has 362 valence electrons. The number of fused-ring (bicyclic) bond motifs is 3. The minimum absolute atomic E-state index is 0.0349. The molecule has 0 aromatic heterocycles. The summed E-state index contributed by atoms with van der Waals surface area (Å²) in [6, 6.07) is 67.5. The molecule has 5 aliphatic rings. The Bertz CT molecular complexity index is 3910. The molecule has 2 fully saturated rings. The molecule has 0 heterocycles. The molecule has 9 aromatic rings. The number of nitrogens with zero attached hydrogens (tertiary/aromatic N) is 2. The summed E-state index contributed by atoms with van der Waals surface area (Å²) in [6.45, 7) is 18.5. The molecule has 0 aliphatic heterocycles. The van der Waals surface area contributed by atoms with Gasteiger partial charge in [-0.15, -0.1) is 0 Å². The van der Waals surface area contributed by atoms with E-state index in [0.717, 1.165) is 0 Å². The second-order valence-corrected chi connectivity index (χ2v) is 24.2. The quantitative estimate of drug-likeness (QED) is 0.150. The molecule has 0 radical (unpaired) electrons. The summed E-state index contributed by atoms with van der Waals surface area (Å²) in [4.78, 5) is 5.44. The molecule has 5 aliphatic carbocycles. The molecule has 5 atom stereocenters. The van der Waals surface area contributed by atoms with E-state index in [0.29, 0.717) is 11.8 Å². The first-order valence-electron chi connectivity index (χ1n) is 27.1. The van der Waals surface area contributed by atoms with Crippen molar-refractivity contribution in [1.29, 1.82) is 0 Å². The topological polar surface area (TPSA) is 6.48 Å². The van der Waals surface area contributed by atoms with Gasteiger partial charge in [0.1, 0.15) is 0 Å². The monoisotopic (exact) mass is 957 g/mol. The summed E-state index contributed by atoms with van der Waals surface area (Å²) in [5, 5.41) is 7.73. The van der Waals surface area contributed by atoms with Gasteiger partial charge in [0, 0.05) is 50.5 Å². The molecular weight excluding hydrogens is 893 g/mol. The fraction of sp³-hybridized carbons (Fsp3) is 0.222. The SMILES string of the molecule is Cc1ccc(C2=CC3C(N(c4ccc(C(C)(C)C)cc4)c4cccc5ccccc45)C34C=Cc3c(-c5ccc(C)cc5)cc(N(C5=CC=C(C(C)(C)C)C6CC56)c5cccc6ccccc56)c5ccc2c4c35)cc1. The van der Waals surface area contributed by atoms with Crippen molar-refractivity contribution in [3.05, 3.63) is 250 Å². The molecule has 9 aromatic carbocycles. The van der Waals surface area contributed by atoms with E-state index in [-0.39, 0.29) is 28.2 Å². The smallest absolute Gasteiger partial charge is 0.0556 e. The van der Waals surface area contributed by atoms with E-state index < -0.39 is 0 Å². The molecule has 5 unspecified atom stereocenters. The minimum Gasteiger partial charge on any atom is -0.336 e. The normalized spacial score (nSPS) is 21.2. The molecular formula is C72H64N2. The zero-order chi connectivity index (χ0) is 50.4. The first-order chi connectivity index (χ1) is 35.8. The number of hydrogen-bond acceptors (Lipinski definition) is 2. The highest BCUT2D eigenvalue weighted by atomic mass is 15.2. The molecule has 0 N–H and O–H groups in total. The van der Waals surface area contributed by atoms with Crippen LogP contribution in [-0.4, -0.2) is 6.04 Å². The first-order valence-corrected chi connectivity index (χ1v) is 27.1. The van der Waals surface area contributed by atoms with Gasteiger partial charge in [-0.2, -0.15) is 0 Å². The van der Waals surface area contributed by atoms with Crippen LogP contribution in [0.5, 0.6) is 0 Å². The summed E-state index contributed by atoms with van der Waals surface area (Å²) >= 11 is 0. The lowest BCUT2D eigenvalue weighted by molar-refractivity contribution is 0.467. The van der Waals surface area contributed by atoms with Gasteiger partial charge in [0.15, 0.2) is 0 Å². The predicted molar refractivity (Wildman–Crippen MR) is 315 cm³/mol. The van der Waals surface area contributed by atoms with Gasteiger partial charge in [-0.05, 0) is 134 Å². The lowest BCUT2D eigenvalue weighted by atomic mass is 9.72. The number of allylic oxidation sites excluding steroid dienone is 4. The van der Waals surface area contributed by atoms with Crippen LogP contribution < -0.4 is 9.80 Å². The lowest BCUT2D eigenvalue weighted by Crippen LogP contribution is -2.29. The Morgan fingerprint density at radius 2 is 1.15 bits per heavy atom. The van der Waals surface area contributed by atoms with Crippen molar-refractivity contribution in [2.24, 2.45) is 23.2 Å². The first kappa shape index (κ1) is 45.0. The molecule has 1 spiro atoms. The van der Waals surface area contributed by atoms with Crippen LogP contribution in [0.15, 0.2) is 211 Å². The Labute approximate surface area is 437 Å². The van der Waals surface area contributed by atoms with Crippen molar-refractivity contribution >= 4 is 66.7 Å². The Hall–Kier alpha value is -7.68. The highest BCUT2D eigenvalue weighted by Gasteiger charge is 2.69. The predicted octanol–water partition coefficient (Wildman–Crippen LogP) is 18.9. The van der Waals surface area contributed by atoms with Gasteiger partial charge in [-0.3, -0.25) is 0 Å². The van der Waals surface area contributed by atoms with E-state index in [1.165, 1.54) is 123 Å². The Kier molecular flexibility index (Phi) is 9.82. The molecule has 0 bridgehead atoms. The minimum atomic E-state index is -0.320. The molecule has 74 heavy (non-hydrogen) atoms. The number of hydrogen-bond donors (Lipinski definition) is 0. The Balaban J connectivity index is 1.09. The van der Waals surface area contributed by atoms with Crippen LogP contribution in [0.1, 0.15) is 86.9 Å². The zero-order valence-electron chi connectivity index (χ0n) is 44.0. The third-order valence-electron chi connectivity index (χ3n) is 17.6. The maximum Gasteiger partial charge on any atom is 0.0556 e. The summed E-state index contributed by atoms with van der Waals surface area (Å²) in [7, 11) is 0. The van der Waals surface area contributed by atoms with E-state index in [9.17, 15) is 0 Å². The van der Waals surface area contributed by atoms with Crippen LogP contribution in [0.3, 0.4) is 0 Å². The van der Waals surface area contributed by atoms with Gasteiger partial charge in [0.2, 0.25) is 0 Å². The van der Waals surface area contributed by atoms with E-state index in [1.54, 1.807) is 5.57 Å². The average Bonchev–Trinajstić information content (AvgIpc) is 4.41. The maximum absolute atomic E-state index is 2.73. The molecule has 0 amide bonds. The van der Waals surface area contributed by atoms with Gasteiger partial charge in [-0.25, -0.2) is 0 Å². The third kappa shape index (κ3) is 6.83. The standard InChI is InChI=1S/C72H64N2/c1-44-23-27-48(28-24-44)57-42-62-69(73(51-33-31-50(32-34-51)70(3,4)5)63-21-13-17-46-15-9-11-19-52(46)63)72(62)40-39-54-58(49-29-25-45(2)26-30-49)43-66(56-36-35-55(57)68(72)67(54)56)74(64-22-14-18-47-16-10-12-20-53(47)64)65-38-37-61(71(6,7)8)59-41-60(59)65/h9-40,42-43,59-60,62,69H,41H2,1-8H3. The van der Waals surface area contributed by atoms with Gasteiger partial charge >= 0.3 is 0 Å². The van der Waals surface area contributed by atoms with E-state index >= 15 is 0 Å². The number of rotatable bonds is 8. The largest absolute Gasteiger partial charge is 0.336 e. The van der Waals surface area contributed by atoms with E-state index in [1.807, 2.05) is 0 Å². The highest BCUT2D eigenvalue weighted by molar-refractivity contribution is 6.14. The van der Waals surface area contributed by atoms with Crippen LogP contribution in [-0.2, 0) is 10.8 Å². The van der Waals surface area contributed by atoms with Crippen LogP contribution in [0.4, 0.5) is 22.7 Å². The van der Waals surface area contributed by atoms with Gasteiger partial charge in [-0.1, -0.05) is 228 Å². The average molecular weight is 957 g/mol. The summed E-state index contributed by atoms with van der Waals surface area (Å²) in [6.07, 6.45) is 14.0. The fourth-order valence-corrected chi connectivity index (χ4v) is 13.8. The maximum atomic E-state index is 2.73. The van der Waals surface area contributed by atoms with E-state index in [4.69, 9.17) is 0 Å². The highest BCUT2D eigenvalue weighted by Crippen LogP contribution is 2.70. The molecule has 0 saturated heterocycles. The van der Waals surface area contributed by atoms with Crippen molar-refractivity contribution in [2.45, 2.75) is 78.7 Å². The Morgan fingerprint density at radius 1 is 0.527 bits per heavy atom. The van der Waals surface area contributed by atoms with Crippen LogP contribution in [0, 0.1) is 37.0 Å². The van der Waals surface area contributed by atoms with Crippen LogP contribution >= 0.6 is 0 Å². The summed E-state index contributed by atoms with van der Waals surface area (Å²) in [5.41, 5.74) is 20.9. The van der Waals surface area contributed by atoms with Crippen molar-refractivity contribution in [2.75, 3.05) is 9.80 Å². The van der Waals surface area contributed by atoms with Gasteiger partial charge < -0.3 is 9.80 Å². The van der Waals surface area contributed by atoms with Crippen molar-refractivity contribution < 1.29 is 0 Å². The fourth-order valence-electron chi connectivity index (χ4n) is 13.8. The van der Waals surface area contributed by atoms with Crippen molar-refractivity contribution in [3.8, 4) is 11.1 Å². The van der Waals surface area contributed by atoms with Crippen LogP contribution in [0.2, 0.25) is 0 Å². The molecule has 2 saturated carbocycles.